The molecule has 1 N–H and O–H groups in total. The molecular formula is C13H19NO2S. The van der Waals surface area contributed by atoms with E-state index in [2.05, 4.69) is 0 Å². The van der Waals surface area contributed by atoms with Gasteiger partial charge in [-0.05, 0) is 39.2 Å². The quantitative estimate of drug-likeness (QED) is 0.879. The van der Waals surface area contributed by atoms with Gasteiger partial charge in [-0.3, -0.25) is 4.79 Å². The van der Waals surface area contributed by atoms with E-state index in [9.17, 15) is 9.90 Å². The molecular weight excluding hydrogens is 234 g/mol. The number of hydrogen-bond donors (Lipinski definition) is 1. The lowest BCUT2D eigenvalue weighted by Gasteiger charge is -2.34. The summed E-state index contributed by atoms with van der Waals surface area (Å²) in [6.45, 7) is 4.86. The number of amides is 1. The Morgan fingerprint density at radius 1 is 1.53 bits per heavy atom. The van der Waals surface area contributed by atoms with Crippen LogP contribution in [0.5, 0.6) is 0 Å². The zero-order valence-corrected chi connectivity index (χ0v) is 11.2. The van der Waals surface area contributed by atoms with Gasteiger partial charge in [-0.15, -0.1) is 11.3 Å². The average molecular weight is 253 g/mol. The van der Waals surface area contributed by atoms with Crippen molar-refractivity contribution in [1.82, 2.24) is 4.90 Å². The lowest BCUT2D eigenvalue weighted by molar-refractivity contribution is 0.0503. The number of aliphatic hydroxyl groups excluding tert-OH is 1. The number of aryl methyl sites for hydroxylation is 2. The third-order valence-electron chi connectivity index (χ3n) is 3.37. The van der Waals surface area contributed by atoms with Crippen molar-refractivity contribution in [3.63, 3.8) is 0 Å². The second-order valence-electron chi connectivity index (χ2n) is 4.66. The summed E-state index contributed by atoms with van der Waals surface area (Å²) in [4.78, 5) is 16.5. The van der Waals surface area contributed by atoms with Crippen LogP contribution in [0.1, 0.15) is 39.4 Å². The van der Waals surface area contributed by atoms with Crippen molar-refractivity contribution in [1.29, 1.82) is 0 Å². The van der Waals surface area contributed by atoms with Crippen molar-refractivity contribution < 1.29 is 9.90 Å². The number of likely N-dealkylation sites (tertiary alicyclic amines) is 1. The van der Waals surface area contributed by atoms with E-state index in [0.717, 1.165) is 36.2 Å². The average Bonchev–Trinajstić information content (AvgIpc) is 2.67. The number of thiophene rings is 1. The smallest absolute Gasteiger partial charge is 0.255 e. The molecule has 0 bridgehead atoms. The van der Waals surface area contributed by atoms with Crippen LogP contribution in [0, 0.1) is 13.8 Å². The number of carbonyl (C=O) groups excluding carboxylic acids is 1. The Kier molecular flexibility index (Phi) is 3.84. The molecule has 0 saturated carbocycles. The summed E-state index contributed by atoms with van der Waals surface area (Å²) in [5, 5.41) is 9.34. The van der Waals surface area contributed by atoms with Crippen LogP contribution in [-0.4, -0.2) is 35.1 Å². The van der Waals surface area contributed by atoms with Crippen LogP contribution in [0.4, 0.5) is 0 Å². The van der Waals surface area contributed by atoms with Crippen LogP contribution in [0.3, 0.4) is 0 Å². The Labute approximate surface area is 106 Å². The third kappa shape index (κ3) is 2.53. The predicted octanol–water partition coefficient (Wildman–Crippen LogP) is 2.35. The second-order valence-corrected chi connectivity index (χ2v) is 6.12. The van der Waals surface area contributed by atoms with Crippen molar-refractivity contribution in [2.45, 2.75) is 39.2 Å². The molecule has 1 aliphatic rings. The van der Waals surface area contributed by atoms with Crippen molar-refractivity contribution in [2.24, 2.45) is 0 Å². The maximum absolute atomic E-state index is 12.4. The first-order valence-electron chi connectivity index (χ1n) is 6.12. The highest BCUT2D eigenvalue weighted by atomic mass is 32.1. The van der Waals surface area contributed by atoms with Gasteiger partial charge in [-0.25, -0.2) is 0 Å². The molecule has 2 rings (SSSR count). The molecule has 0 aromatic carbocycles. The minimum atomic E-state index is 0.0101. The zero-order chi connectivity index (χ0) is 12.4. The molecule has 1 aliphatic heterocycles. The fraction of sp³-hybridized carbons (Fsp3) is 0.615. The highest BCUT2D eigenvalue weighted by Gasteiger charge is 2.28. The van der Waals surface area contributed by atoms with Gasteiger partial charge in [0.05, 0.1) is 18.2 Å². The molecule has 1 atom stereocenters. The van der Waals surface area contributed by atoms with Gasteiger partial charge in [-0.1, -0.05) is 0 Å². The molecule has 1 amide bonds. The number of rotatable bonds is 2. The summed E-state index contributed by atoms with van der Waals surface area (Å²) in [5.74, 6) is 0.0885. The Bertz CT molecular complexity index is 414. The largest absolute Gasteiger partial charge is 0.394 e. The first kappa shape index (κ1) is 12.6. The molecule has 1 saturated heterocycles. The van der Waals surface area contributed by atoms with Crippen LogP contribution in [0.2, 0.25) is 0 Å². The molecule has 1 aromatic rings. The van der Waals surface area contributed by atoms with Gasteiger partial charge in [0, 0.05) is 16.3 Å². The summed E-state index contributed by atoms with van der Waals surface area (Å²) in [6.07, 6.45) is 3.07. The first-order chi connectivity index (χ1) is 8.13. The summed E-state index contributed by atoms with van der Waals surface area (Å²) < 4.78 is 0. The minimum Gasteiger partial charge on any atom is -0.394 e. The van der Waals surface area contributed by atoms with E-state index in [4.69, 9.17) is 0 Å². The SMILES string of the molecule is Cc1cc(C(=O)N2CCCCC2CO)c(C)s1. The van der Waals surface area contributed by atoms with Crippen molar-refractivity contribution >= 4 is 17.2 Å². The highest BCUT2D eigenvalue weighted by Crippen LogP contribution is 2.25. The van der Waals surface area contributed by atoms with Crippen LogP contribution >= 0.6 is 11.3 Å². The van der Waals surface area contributed by atoms with Gasteiger partial charge in [0.2, 0.25) is 0 Å². The van der Waals surface area contributed by atoms with Crippen LogP contribution in [0.15, 0.2) is 6.07 Å². The molecule has 1 unspecified atom stereocenters. The molecule has 0 spiro atoms. The van der Waals surface area contributed by atoms with Gasteiger partial charge >= 0.3 is 0 Å². The van der Waals surface area contributed by atoms with Gasteiger partial charge in [0.25, 0.3) is 5.91 Å². The normalized spacial score (nSPS) is 20.6. The molecule has 17 heavy (non-hydrogen) atoms. The summed E-state index contributed by atoms with van der Waals surface area (Å²) >= 11 is 1.66. The number of piperidine rings is 1. The summed E-state index contributed by atoms with van der Waals surface area (Å²) in [6, 6.07) is 1.97. The molecule has 4 heteroatoms. The third-order valence-corrected chi connectivity index (χ3v) is 4.34. The number of carbonyl (C=O) groups is 1. The predicted molar refractivity (Wildman–Crippen MR) is 69.6 cm³/mol. The zero-order valence-electron chi connectivity index (χ0n) is 10.4. The summed E-state index contributed by atoms with van der Waals surface area (Å²) in [7, 11) is 0. The van der Waals surface area contributed by atoms with Crippen LogP contribution in [0.25, 0.3) is 0 Å². The fourth-order valence-corrected chi connectivity index (χ4v) is 3.37. The Morgan fingerprint density at radius 2 is 2.29 bits per heavy atom. The van der Waals surface area contributed by atoms with Gasteiger partial charge in [0.1, 0.15) is 0 Å². The van der Waals surface area contributed by atoms with E-state index < -0.39 is 0 Å². The Morgan fingerprint density at radius 3 is 2.88 bits per heavy atom. The maximum atomic E-state index is 12.4. The van der Waals surface area contributed by atoms with Crippen LogP contribution in [-0.2, 0) is 0 Å². The molecule has 94 valence electrons. The van der Waals surface area contributed by atoms with E-state index in [1.165, 1.54) is 4.88 Å². The van der Waals surface area contributed by atoms with Gasteiger partial charge < -0.3 is 10.0 Å². The molecule has 0 aliphatic carbocycles. The Hall–Kier alpha value is -0.870. The molecule has 0 radical (unpaired) electrons. The molecule has 1 aromatic heterocycles. The monoisotopic (exact) mass is 253 g/mol. The van der Waals surface area contributed by atoms with Gasteiger partial charge in [0.15, 0.2) is 0 Å². The topological polar surface area (TPSA) is 40.5 Å². The van der Waals surface area contributed by atoms with Crippen molar-refractivity contribution in [3.8, 4) is 0 Å². The summed E-state index contributed by atoms with van der Waals surface area (Å²) in [5.41, 5.74) is 0.813. The van der Waals surface area contributed by atoms with Crippen molar-refractivity contribution in [2.75, 3.05) is 13.2 Å². The van der Waals surface area contributed by atoms with E-state index in [0.29, 0.717) is 0 Å². The van der Waals surface area contributed by atoms with Crippen LogP contribution < -0.4 is 0 Å². The van der Waals surface area contributed by atoms with E-state index in [-0.39, 0.29) is 18.6 Å². The lowest BCUT2D eigenvalue weighted by Crippen LogP contribution is -2.45. The standard InChI is InChI=1S/C13H19NO2S/c1-9-7-12(10(2)17-9)13(16)14-6-4-3-5-11(14)8-15/h7,11,15H,3-6,8H2,1-2H3. The molecule has 2 heterocycles. The molecule has 1 fully saturated rings. The Balaban J connectivity index is 2.21. The maximum Gasteiger partial charge on any atom is 0.255 e. The van der Waals surface area contributed by atoms with E-state index in [1.54, 1.807) is 11.3 Å². The number of aliphatic hydroxyl groups is 1. The second kappa shape index (κ2) is 5.19. The number of hydrogen-bond acceptors (Lipinski definition) is 3. The first-order valence-corrected chi connectivity index (χ1v) is 6.94. The lowest BCUT2D eigenvalue weighted by atomic mass is 10.0. The highest BCUT2D eigenvalue weighted by molar-refractivity contribution is 7.12. The minimum absolute atomic E-state index is 0.0101. The fourth-order valence-electron chi connectivity index (χ4n) is 2.46. The van der Waals surface area contributed by atoms with Gasteiger partial charge in [-0.2, -0.15) is 0 Å². The van der Waals surface area contributed by atoms with E-state index >= 15 is 0 Å². The number of nitrogens with zero attached hydrogens (tertiary/aromatic N) is 1. The van der Waals surface area contributed by atoms with Crippen molar-refractivity contribution in [3.05, 3.63) is 21.4 Å². The molecule has 3 nitrogen and oxygen atoms in total. The van der Waals surface area contributed by atoms with E-state index in [1.807, 2.05) is 24.8 Å².